The molecule has 7 heteroatoms. The maximum Gasteiger partial charge on any atom is 0.231 e. The Labute approximate surface area is 140 Å². The molecule has 0 bridgehead atoms. The minimum absolute atomic E-state index is 0.249. The molecule has 3 heterocycles. The quantitative estimate of drug-likeness (QED) is 0.900. The van der Waals surface area contributed by atoms with Gasteiger partial charge in [0.15, 0.2) is 11.5 Å². The molecule has 4 rings (SSSR count). The van der Waals surface area contributed by atoms with Gasteiger partial charge in [0.1, 0.15) is 5.82 Å². The summed E-state index contributed by atoms with van der Waals surface area (Å²) in [5, 5.41) is 10.5. The lowest BCUT2D eigenvalue weighted by Crippen LogP contribution is -2.47. The van der Waals surface area contributed by atoms with Crippen molar-refractivity contribution in [1.82, 2.24) is 14.9 Å². The van der Waals surface area contributed by atoms with Crippen LogP contribution in [0, 0.1) is 0 Å². The van der Waals surface area contributed by atoms with Gasteiger partial charge in [0.2, 0.25) is 6.79 Å². The number of rotatable bonds is 4. The highest BCUT2D eigenvalue weighted by Crippen LogP contribution is 2.34. The molecule has 1 aromatic carbocycles. The lowest BCUT2D eigenvalue weighted by Gasteiger charge is -2.36. The Hall–Kier alpha value is -2.38. The van der Waals surface area contributed by atoms with Gasteiger partial charge in [0.05, 0.1) is 12.3 Å². The number of hydrogen-bond donors (Lipinski definition) is 1. The van der Waals surface area contributed by atoms with Gasteiger partial charge in [-0.15, -0.1) is 0 Å². The number of benzene rings is 1. The maximum absolute atomic E-state index is 10.5. The van der Waals surface area contributed by atoms with Crippen LogP contribution >= 0.6 is 0 Å². The fraction of sp³-hybridized carbons (Fsp3) is 0.412. The number of ether oxygens (including phenoxy) is 2. The van der Waals surface area contributed by atoms with Crippen molar-refractivity contribution in [3.63, 3.8) is 0 Å². The summed E-state index contributed by atoms with van der Waals surface area (Å²) in [4.78, 5) is 12.9. The SMILES string of the molecule is O[C@@H](CN1CCN(c2cnccn2)CC1)c1ccc2c(c1)OCO2. The summed E-state index contributed by atoms with van der Waals surface area (Å²) < 4.78 is 10.7. The van der Waals surface area contributed by atoms with Crippen molar-refractivity contribution >= 4 is 5.82 Å². The molecule has 1 saturated heterocycles. The molecule has 2 aliphatic rings. The van der Waals surface area contributed by atoms with Crippen LogP contribution in [0.2, 0.25) is 0 Å². The summed E-state index contributed by atoms with van der Waals surface area (Å²) in [6.07, 6.45) is 4.64. The highest BCUT2D eigenvalue weighted by Gasteiger charge is 2.22. The molecule has 0 spiro atoms. The second kappa shape index (κ2) is 6.62. The number of hydrogen-bond acceptors (Lipinski definition) is 7. The van der Waals surface area contributed by atoms with Crippen LogP contribution in [-0.4, -0.2) is 59.5 Å². The summed E-state index contributed by atoms with van der Waals surface area (Å²) in [5.41, 5.74) is 0.857. The van der Waals surface area contributed by atoms with Gasteiger partial charge >= 0.3 is 0 Å². The summed E-state index contributed by atoms with van der Waals surface area (Å²) in [6.45, 7) is 4.39. The number of piperazine rings is 1. The normalized spacial score (nSPS) is 18.6. The predicted molar refractivity (Wildman–Crippen MR) is 88.2 cm³/mol. The van der Waals surface area contributed by atoms with E-state index in [0.29, 0.717) is 12.3 Å². The van der Waals surface area contributed by atoms with Crippen molar-refractivity contribution in [2.75, 3.05) is 44.4 Å². The molecule has 2 aromatic rings. The standard InChI is InChI=1S/C17H20N4O3/c22-14(13-1-2-15-16(9-13)24-12-23-15)11-20-5-7-21(8-6-20)17-10-18-3-4-19-17/h1-4,9-10,14,22H,5-8,11-12H2/t14-/m0/s1. The molecular weight excluding hydrogens is 308 g/mol. The van der Waals surface area contributed by atoms with E-state index in [4.69, 9.17) is 9.47 Å². The van der Waals surface area contributed by atoms with Crippen LogP contribution < -0.4 is 14.4 Å². The molecule has 0 aliphatic carbocycles. The molecule has 0 amide bonds. The van der Waals surface area contributed by atoms with Gasteiger partial charge in [-0.1, -0.05) is 6.07 Å². The number of aromatic nitrogens is 2. The Morgan fingerprint density at radius 2 is 1.92 bits per heavy atom. The minimum atomic E-state index is -0.539. The lowest BCUT2D eigenvalue weighted by molar-refractivity contribution is 0.109. The summed E-state index contributed by atoms with van der Waals surface area (Å²) in [5.74, 6) is 2.36. The molecule has 24 heavy (non-hydrogen) atoms. The zero-order valence-corrected chi connectivity index (χ0v) is 13.3. The van der Waals surface area contributed by atoms with E-state index in [2.05, 4.69) is 19.8 Å². The Morgan fingerprint density at radius 3 is 2.71 bits per heavy atom. The number of aliphatic hydroxyl groups is 1. The molecule has 1 N–H and O–H groups in total. The molecule has 0 unspecified atom stereocenters. The van der Waals surface area contributed by atoms with Gasteiger partial charge in [0, 0.05) is 45.1 Å². The Bertz CT molecular complexity index is 689. The molecule has 0 saturated carbocycles. The van der Waals surface area contributed by atoms with Crippen LogP contribution in [0.15, 0.2) is 36.8 Å². The van der Waals surface area contributed by atoms with E-state index < -0.39 is 6.10 Å². The fourth-order valence-corrected chi connectivity index (χ4v) is 3.08. The van der Waals surface area contributed by atoms with Crippen molar-refractivity contribution < 1.29 is 14.6 Å². The molecule has 1 atom stereocenters. The van der Waals surface area contributed by atoms with Gasteiger partial charge in [-0.05, 0) is 17.7 Å². The van der Waals surface area contributed by atoms with Crippen LogP contribution in [0.3, 0.4) is 0 Å². The second-order valence-electron chi connectivity index (χ2n) is 5.98. The smallest absolute Gasteiger partial charge is 0.231 e. The van der Waals surface area contributed by atoms with Crippen molar-refractivity contribution in [1.29, 1.82) is 0 Å². The molecule has 0 radical (unpaired) electrons. The van der Waals surface area contributed by atoms with E-state index in [1.807, 2.05) is 18.2 Å². The van der Waals surface area contributed by atoms with E-state index in [-0.39, 0.29) is 6.79 Å². The predicted octanol–water partition coefficient (Wildman–Crippen LogP) is 1.06. The molecule has 126 valence electrons. The number of aliphatic hydroxyl groups excluding tert-OH is 1. The average molecular weight is 328 g/mol. The largest absolute Gasteiger partial charge is 0.454 e. The Balaban J connectivity index is 1.33. The Morgan fingerprint density at radius 1 is 1.08 bits per heavy atom. The van der Waals surface area contributed by atoms with Gasteiger partial charge in [-0.25, -0.2) is 4.98 Å². The van der Waals surface area contributed by atoms with Crippen LogP contribution in [0.4, 0.5) is 5.82 Å². The van der Waals surface area contributed by atoms with E-state index in [1.54, 1.807) is 18.6 Å². The average Bonchev–Trinajstić information content (AvgIpc) is 3.11. The van der Waals surface area contributed by atoms with Crippen LogP contribution in [0.25, 0.3) is 0 Å². The highest BCUT2D eigenvalue weighted by atomic mass is 16.7. The zero-order chi connectivity index (χ0) is 16.4. The number of anilines is 1. The van der Waals surface area contributed by atoms with E-state index in [1.165, 1.54) is 0 Å². The minimum Gasteiger partial charge on any atom is -0.454 e. The van der Waals surface area contributed by atoms with Crippen LogP contribution in [-0.2, 0) is 0 Å². The second-order valence-corrected chi connectivity index (χ2v) is 5.98. The molecule has 1 aromatic heterocycles. The summed E-state index contributed by atoms with van der Waals surface area (Å²) in [6, 6.07) is 5.61. The van der Waals surface area contributed by atoms with Crippen LogP contribution in [0.1, 0.15) is 11.7 Å². The van der Waals surface area contributed by atoms with Crippen LogP contribution in [0.5, 0.6) is 11.5 Å². The van der Waals surface area contributed by atoms with Crippen molar-refractivity contribution in [2.45, 2.75) is 6.10 Å². The van der Waals surface area contributed by atoms with Gasteiger partial charge < -0.3 is 19.5 Å². The topological polar surface area (TPSA) is 71.0 Å². The first kappa shape index (κ1) is 15.2. The third-order valence-electron chi connectivity index (χ3n) is 4.46. The number of nitrogens with zero attached hydrogens (tertiary/aromatic N) is 4. The molecular formula is C17H20N4O3. The van der Waals surface area contributed by atoms with Crippen molar-refractivity contribution in [3.05, 3.63) is 42.4 Å². The highest BCUT2D eigenvalue weighted by molar-refractivity contribution is 5.45. The first-order chi connectivity index (χ1) is 11.8. The molecule has 2 aliphatic heterocycles. The number of fused-ring (bicyclic) bond motifs is 1. The van der Waals surface area contributed by atoms with Gasteiger partial charge in [0.25, 0.3) is 0 Å². The van der Waals surface area contributed by atoms with E-state index in [0.717, 1.165) is 43.3 Å². The fourth-order valence-electron chi connectivity index (χ4n) is 3.08. The molecule has 1 fully saturated rings. The first-order valence-electron chi connectivity index (χ1n) is 8.10. The summed E-state index contributed by atoms with van der Waals surface area (Å²) >= 11 is 0. The number of β-amino-alcohol motifs (C(OH)–C–C–N with tert-alkyl or cyclic N) is 1. The van der Waals surface area contributed by atoms with Crippen molar-refractivity contribution in [2.24, 2.45) is 0 Å². The maximum atomic E-state index is 10.5. The third-order valence-corrected chi connectivity index (χ3v) is 4.46. The van der Waals surface area contributed by atoms with Gasteiger partial charge in [-0.2, -0.15) is 0 Å². The Kier molecular flexibility index (Phi) is 4.18. The third kappa shape index (κ3) is 3.13. The van der Waals surface area contributed by atoms with E-state index in [9.17, 15) is 5.11 Å². The zero-order valence-electron chi connectivity index (χ0n) is 13.3. The monoisotopic (exact) mass is 328 g/mol. The van der Waals surface area contributed by atoms with E-state index >= 15 is 0 Å². The first-order valence-corrected chi connectivity index (χ1v) is 8.10. The van der Waals surface area contributed by atoms with Crippen molar-refractivity contribution in [3.8, 4) is 11.5 Å². The van der Waals surface area contributed by atoms with Gasteiger partial charge in [-0.3, -0.25) is 9.88 Å². The summed E-state index contributed by atoms with van der Waals surface area (Å²) in [7, 11) is 0. The lowest BCUT2D eigenvalue weighted by atomic mass is 10.1. The molecule has 7 nitrogen and oxygen atoms in total.